The number of nitrogens with zero attached hydrogens (tertiary/aromatic N) is 2. The Balaban J connectivity index is 2.43. The fraction of sp³-hybridized carbons (Fsp3) is 0.250. The zero-order valence-electron chi connectivity index (χ0n) is 7.49. The number of hydrogen-bond donors (Lipinski definition) is 3. The first-order valence-electron chi connectivity index (χ1n) is 3.93. The van der Waals surface area contributed by atoms with Crippen molar-refractivity contribution in [3.05, 3.63) is 30.1 Å². The van der Waals surface area contributed by atoms with Gasteiger partial charge >= 0.3 is 0 Å². The largest absolute Gasteiger partial charge is 0.351 e. The van der Waals surface area contributed by atoms with E-state index in [1.54, 1.807) is 19.4 Å². The van der Waals surface area contributed by atoms with E-state index in [2.05, 4.69) is 20.7 Å². The molecule has 4 N–H and O–H groups in total. The highest BCUT2D eigenvalue weighted by Crippen LogP contribution is 1.93. The molecule has 1 aromatic heterocycles. The van der Waals surface area contributed by atoms with E-state index >= 15 is 0 Å². The second-order valence-corrected chi connectivity index (χ2v) is 2.43. The summed E-state index contributed by atoms with van der Waals surface area (Å²) >= 11 is 0. The van der Waals surface area contributed by atoms with Crippen LogP contribution < -0.4 is 16.6 Å². The molecule has 0 fully saturated rings. The van der Waals surface area contributed by atoms with Crippen LogP contribution >= 0.6 is 0 Å². The number of nitrogens with two attached hydrogens (primary N) is 1. The van der Waals surface area contributed by atoms with E-state index in [0.29, 0.717) is 12.5 Å². The quantitative estimate of drug-likeness (QED) is 0.250. The molecule has 0 aliphatic heterocycles. The highest BCUT2D eigenvalue weighted by molar-refractivity contribution is 5.78. The molecule has 5 nitrogen and oxygen atoms in total. The van der Waals surface area contributed by atoms with Crippen LogP contribution in [0.25, 0.3) is 0 Å². The van der Waals surface area contributed by atoms with Crippen molar-refractivity contribution in [3.63, 3.8) is 0 Å². The summed E-state index contributed by atoms with van der Waals surface area (Å²) in [5.41, 5.74) is 3.58. The molecular formula is C8H13N5. The van der Waals surface area contributed by atoms with Crippen LogP contribution in [0.4, 0.5) is 0 Å². The first-order chi connectivity index (χ1) is 6.36. The standard InChI is InChI=1S/C8H13N5/c1-10-8(13-9)12-6-7-2-4-11-5-3-7/h2-5H,6,9H2,1H3,(H2,10,12,13). The molecule has 1 aromatic rings. The topological polar surface area (TPSA) is 75.3 Å². The second kappa shape index (κ2) is 5.10. The summed E-state index contributed by atoms with van der Waals surface area (Å²) in [6, 6.07) is 3.85. The van der Waals surface area contributed by atoms with Gasteiger partial charge in [-0.25, -0.2) is 5.84 Å². The predicted molar refractivity (Wildman–Crippen MR) is 51.8 cm³/mol. The van der Waals surface area contributed by atoms with Crippen molar-refractivity contribution >= 4 is 5.96 Å². The van der Waals surface area contributed by atoms with E-state index in [9.17, 15) is 0 Å². The van der Waals surface area contributed by atoms with E-state index in [1.807, 2.05) is 12.1 Å². The number of aromatic nitrogens is 1. The monoisotopic (exact) mass is 179 g/mol. The molecule has 0 spiro atoms. The minimum Gasteiger partial charge on any atom is -0.351 e. The average Bonchev–Trinajstić information content (AvgIpc) is 2.21. The number of rotatable bonds is 2. The number of aliphatic imine (C=N–C) groups is 1. The predicted octanol–water partition coefficient (Wildman–Crippen LogP) is -0.380. The maximum absolute atomic E-state index is 5.19. The first kappa shape index (κ1) is 9.47. The van der Waals surface area contributed by atoms with Gasteiger partial charge < -0.3 is 5.32 Å². The molecule has 0 aliphatic rings. The minimum absolute atomic E-state index is 0.566. The summed E-state index contributed by atoms with van der Waals surface area (Å²) < 4.78 is 0. The summed E-state index contributed by atoms with van der Waals surface area (Å²) in [4.78, 5) is 7.79. The molecule has 13 heavy (non-hydrogen) atoms. The molecule has 0 aliphatic carbocycles. The van der Waals surface area contributed by atoms with Crippen molar-refractivity contribution in [2.45, 2.75) is 6.54 Å². The molecule has 0 saturated heterocycles. The summed E-state index contributed by atoms with van der Waals surface area (Å²) in [6.07, 6.45) is 3.49. The summed E-state index contributed by atoms with van der Waals surface area (Å²) in [7, 11) is 1.66. The van der Waals surface area contributed by atoms with Crippen molar-refractivity contribution < 1.29 is 0 Å². The van der Waals surface area contributed by atoms with Gasteiger partial charge in [-0.2, -0.15) is 0 Å². The number of pyridine rings is 1. The van der Waals surface area contributed by atoms with E-state index in [-0.39, 0.29) is 0 Å². The Morgan fingerprint density at radius 3 is 2.77 bits per heavy atom. The third-order valence-corrected chi connectivity index (χ3v) is 1.57. The Bertz CT molecular complexity index is 269. The molecule has 0 unspecified atom stereocenters. The molecule has 0 amide bonds. The van der Waals surface area contributed by atoms with Crippen molar-refractivity contribution in [1.29, 1.82) is 0 Å². The summed E-state index contributed by atoms with van der Waals surface area (Å²) in [5, 5.41) is 3.02. The van der Waals surface area contributed by atoms with Gasteiger partial charge in [-0.3, -0.25) is 15.4 Å². The summed E-state index contributed by atoms with van der Waals surface area (Å²) in [6.45, 7) is 0.680. The maximum atomic E-state index is 5.19. The second-order valence-electron chi connectivity index (χ2n) is 2.43. The third kappa shape index (κ3) is 3.08. The first-order valence-corrected chi connectivity index (χ1v) is 3.93. The number of nitrogens with one attached hydrogen (secondary N) is 2. The van der Waals surface area contributed by atoms with Gasteiger partial charge in [0.1, 0.15) is 0 Å². The van der Waals surface area contributed by atoms with Gasteiger partial charge in [-0.15, -0.1) is 0 Å². The lowest BCUT2D eigenvalue weighted by molar-refractivity contribution is 0.839. The lowest BCUT2D eigenvalue weighted by atomic mass is 10.3. The Hall–Kier alpha value is -1.62. The molecule has 1 rings (SSSR count). The van der Waals surface area contributed by atoms with Crippen LogP contribution in [0.3, 0.4) is 0 Å². The van der Waals surface area contributed by atoms with Crippen molar-refractivity contribution in [3.8, 4) is 0 Å². The van der Waals surface area contributed by atoms with E-state index in [4.69, 9.17) is 5.84 Å². The average molecular weight is 179 g/mol. The van der Waals surface area contributed by atoms with Crippen molar-refractivity contribution in [1.82, 2.24) is 15.7 Å². The zero-order valence-corrected chi connectivity index (χ0v) is 7.49. The fourth-order valence-corrected chi connectivity index (χ4v) is 0.881. The molecule has 0 radical (unpaired) electrons. The Kier molecular flexibility index (Phi) is 3.72. The van der Waals surface area contributed by atoms with Crippen molar-refractivity contribution in [2.75, 3.05) is 7.05 Å². The molecule has 70 valence electrons. The van der Waals surface area contributed by atoms with Crippen LogP contribution in [0.1, 0.15) is 5.56 Å². The minimum atomic E-state index is 0.566. The zero-order chi connectivity index (χ0) is 9.52. The Morgan fingerprint density at radius 2 is 2.23 bits per heavy atom. The van der Waals surface area contributed by atoms with Gasteiger partial charge in [0, 0.05) is 26.0 Å². The van der Waals surface area contributed by atoms with Gasteiger partial charge in [-0.05, 0) is 17.7 Å². The van der Waals surface area contributed by atoms with Crippen molar-refractivity contribution in [2.24, 2.45) is 10.8 Å². The van der Waals surface area contributed by atoms with Gasteiger partial charge in [0.05, 0.1) is 0 Å². The Labute approximate surface area is 77.1 Å². The van der Waals surface area contributed by atoms with Crippen LogP contribution in [0.2, 0.25) is 0 Å². The molecular weight excluding hydrogens is 166 g/mol. The summed E-state index contributed by atoms with van der Waals surface area (Å²) in [5.74, 6) is 5.76. The third-order valence-electron chi connectivity index (χ3n) is 1.57. The Morgan fingerprint density at radius 1 is 1.54 bits per heavy atom. The van der Waals surface area contributed by atoms with Gasteiger partial charge in [0.2, 0.25) is 5.96 Å². The van der Waals surface area contributed by atoms with E-state index < -0.39 is 0 Å². The molecule has 0 atom stereocenters. The van der Waals surface area contributed by atoms with Crippen LogP contribution in [0, 0.1) is 0 Å². The van der Waals surface area contributed by atoms with Crippen LogP contribution in [0.15, 0.2) is 29.5 Å². The molecule has 5 heteroatoms. The smallest absolute Gasteiger partial charge is 0.205 e. The normalized spacial score (nSPS) is 11.1. The molecule has 0 bridgehead atoms. The fourth-order valence-electron chi connectivity index (χ4n) is 0.881. The number of guanidine groups is 1. The SMILES string of the molecule is CN=C(NN)NCc1ccncc1. The van der Waals surface area contributed by atoms with Crippen LogP contribution in [-0.4, -0.2) is 18.0 Å². The highest BCUT2D eigenvalue weighted by Gasteiger charge is 1.93. The lowest BCUT2D eigenvalue weighted by Gasteiger charge is -2.07. The molecule has 0 aromatic carbocycles. The van der Waals surface area contributed by atoms with Gasteiger partial charge in [-0.1, -0.05) is 0 Å². The molecule has 1 heterocycles. The van der Waals surface area contributed by atoms with E-state index in [1.165, 1.54) is 0 Å². The molecule has 0 saturated carbocycles. The highest BCUT2D eigenvalue weighted by atomic mass is 15.3. The van der Waals surface area contributed by atoms with Crippen LogP contribution in [-0.2, 0) is 6.54 Å². The number of hydrogen-bond acceptors (Lipinski definition) is 3. The van der Waals surface area contributed by atoms with E-state index in [0.717, 1.165) is 5.56 Å². The van der Waals surface area contributed by atoms with Gasteiger partial charge in [0.15, 0.2) is 0 Å². The van der Waals surface area contributed by atoms with Crippen LogP contribution in [0.5, 0.6) is 0 Å². The maximum Gasteiger partial charge on any atom is 0.205 e. The lowest BCUT2D eigenvalue weighted by Crippen LogP contribution is -2.40. The number of hydrazine groups is 1. The van der Waals surface area contributed by atoms with Gasteiger partial charge in [0.25, 0.3) is 0 Å².